The fourth-order valence-corrected chi connectivity index (χ4v) is 6.04. The molecule has 3 aromatic rings. The van der Waals surface area contributed by atoms with E-state index in [1.165, 1.54) is 0 Å². The van der Waals surface area contributed by atoms with Crippen molar-refractivity contribution in [3.05, 3.63) is 117 Å². The highest BCUT2D eigenvalue weighted by Crippen LogP contribution is 2.52. The van der Waals surface area contributed by atoms with Crippen LogP contribution in [0.15, 0.2) is 83.7 Å². The predicted molar refractivity (Wildman–Crippen MR) is 148 cm³/mol. The number of nitrogens with one attached hydrogen (secondary N) is 1. The molecule has 0 bridgehead atoms. The fraction of sp³-hybridized carbons (Fsp3) is 0.323. The van der Waals surface area contributed by atoms with E-state index in [0.29, 0.717) is 37.2 Å². The Labute approximate surface area is 226 Å². The van der Waals surface area contributed by atoms with Crippen LogP contribution in [0.4, 0.5) is 0 Å². The van der Waals surface area contributed by atoms with Gasteiger partial charge in [-0.3, -0.25) is 9.59 Å². The van der Waals surface area contributed by atoms with Crippen molar-refractivity contribution < 1.29 is 9.90 Å². The quantitative estimate of drug-likeness (QED) is 0.478. The first-order valence-corrected chi connectivity index (χ1v) is 13.6. The summed E-state index contributed by atoms with van der Waals surface area (Å²) in [4.78, 5) is 35.1. The molecule has 6 rings (SSSR count). The Morgan fingerprint density at radius 1 is 1.08 bits per heavy atom. The zero-order valence-electron chi connectivity index (χ0n) is 21.1. The van der Waals surface area contributed by atoms with Gasteiger partial charge >= 0.3 is 0 Å². The van der Waals surface area contributed by atoms with Crippen LogP contribution < -0.4 is 5.56 Å². The first kappa shape index (κ1) is 24.8. The summed E-state index contributed by atoms with van der Waals surface area (Å²) in [7, 11) is 0. The second-order valence-corrected chi connectivity index (χ2v) is 11.3. The number of nitrogens with zero attached hydrogens (tertiary/aromatic N) is 2. The molecule has 3 aliphatic rings. The second-order valence-electron chi connectivity index (χ2n) is 10.6. The molecule has 2 aliphatic carbocycles. The van der Waals surface area contributed by atoms with Crippen molar-refractivity contribution in [2.24, 2.45) is 0 Å². The molecule has 1 amide bonds. The number of benzene rings is 2. The molecular formula is C31H30ClN3O3. The Kier molecular flexibility index (Phi) is 6.33. The maximum absolute atomic E-state index is 13.5. The lowest BCUT2D eigenvalue weighted by Crippen LogP contribution is -2.49. The third-order valence-corrected chi connectivity index (χ3v) is 8.56. The number of rotatable bonds is 5. The smallest absolute Gasteiger partial charge is 0.256 e. The lowest BCUT2D eigenvalue weighted by Gasteiger charge is -2.34. The number of carbonyl (C=O) groups excluding carboxylic acids is 1. The lowest BCUT2D eigenvalue weighted by atomic mass is 9.85. The summed E-state index contributed by atoms with van der Waals surface area (Å²) in [6, 6.07) is 20.0. The van der Waals surface area contributed by atoms with Crippen LogP contribution in [0.25, 0.3) is 5.57 Å². The number of aliphatic hydroxyl groups is 1. The van der Waals surface area contributed by atoms with Crippen LogP contribution >= 0.6 is 11.6 Å². The van der Waals surface area contributed by atoms with Gasteiger partial charge in [0.15, 0.2) is 6.10 Å². The summed E-state index contributed by atoms with van der Waals surface area (Å²) in [6.07, 6.45) is 7.45. The highest BCUT2D eigenvalue weighted by molar-refractivity contribution is 6.28. The number of aromatic nitrogens is 2. The van der Waals surface area contributed by atoms with Crippen molar-refractivity contribution in [2.45, 2.75) is 55.0 Å². The number of amides is 1. The van der Waals surface area contributed by atoms with Crippen molar-refractivity contribution in [1.82, 2.24) is 14.9 Å². The van der Waals surface area contributed by atoms with Gasteiger partial charge in [-0.15, -0.1) is 11.6 Å². The van der Waals surface area contributed by atoms with Gasteiger partial charge in [-0.05, 0) is 48.8 Å². The number of H-pyrrole nitrogens is 1. The van der Waals surface area contributed by atoms with E-state index in [9.17, 15) is 14.7 Å². The van der Waals surface area contributed by atoms with Gasteiger partial charge < -0.3 is 15.0 Å². The molecule has 1 saturated carbocycles. The Morgan fingerprint density at radius 3 is 2.50 bits per heavy atom. The van der Waals surface area contributed by atoms with E-state index in [2.05, 4.69) is 17.1 Å². The molecule has 0 saturated heterocycles. The number of allylic oxidation sites excluding steroid dienone is 3. The average Bonchev–Trinajstić information content (AvgIpc) is 3.78. The molecule has 1 aliphatic heterocycles. The molecule has 38 heavy (non-hydrogen) atoms. The summed E-state index contributed by atoms with van der Waals surface area (Å²) < 4.78 is 0. The van der Waals surface area contributed by atoms with Gasteiger partial charge in [0.1, 0.15) is 10.7 Å². The summed E-state index contributed by atoms with van der Waals surface area (Å²) in [5.74, 6) is 0.234. The summed E-state index contributed by atoms with van der Waals surface area (Å²) in [5, 5.41) is 11.2. The maximum Gasteiger partial charge on any atom is 0.256 e. The molecule has 2 heterocycles. The zero-order valence-corrected chi connectivity index (χ0v) is 21.8. The van der Waals surface area contributed by atoms with Gasteiger partial charge in [-0.1, -0.05) is 78.9 Å². The van der Waals surface area contributed by atoms with Crippen LogP contribution in [0.5, 0.6) is 0 Å². The van der Waals surface area contributed by atoms with Crippen molar-refractivity contribution in [3.8, 4) is 0 Å². The largest absolute Gasteiger partial charge is 0.381 e. The fourth-order valence-electron chi connectivity index (χ4n) is 5.73. The van der Waals surface area contributed by atoms with Crippen molar-refractivity contribution in [1.29, 1.82) is 0 Å². The lowest BCUT2D eigenvalue weighted by molar-refractivity contribution is -0.142. The van der Waals surface area contributed by atoms with Crippen molar-refractivity contribution >= 4 is 23.1 Å². The Balaban J connectivity index is 1.23. The highest BCUT2D eigenvalue weighted by Gasteiger charge is 2.49. The van der Waals surface area contributed by atoms with Crippen LogP contribution in [-0.4, -0.2) is 43.4 Å². The van der Waals surface area contributed by atoms with Gasteiger partial charge in [-0.2, -0.15) is 0 Å². The number of hydrogen-bond donors (Lipinski definition) is 2. The Morgan fingerprint density at radius 2 is 1.79 bits per heavy atom. The minimum atomic E-state index is -1.45. The van der Waals surface area contributed by atoms with Gasteiger partial charge in [0.25, 0.3) is 11.5 Å². The average molecular weight is 528 g/mol. The molecule has 1 aromatic heterocycles. The standard InChI is InChI=1S/C31H30ClN3O3/c32-31(15-7-11-22(19-31)21-9-3-1-4-10-21)26(36)28(38)35-18-8-14-25-24(20-35)27(37)34-29(33-25)30(16-17-30)23-12-5-2-6-13-23/h1-7,9-13,15,26,36H,8,14,16-20H2,(H,33,34,37). The van der Waals surface area contributed by atoms with Crippen LogP contribution in [0, 0.1) is 0 Å². The zero-order chi connectivity index (χ0) is 26.3. The topological polar surface area (TPSA) is 86.3 Å². The number of carbonyl (C=O) groups is 1. The van der Waals surface area contributed by atoms with E-state index >= 15 is 0 Å². The number of hydrogen-bond acceptors (Lipinski definition) is 4. The van der Waals surface area contributed by atoms with E-state index in [1.54, 1.807) is 17.1 Å². The van der Waals surface area contributed by atoms with Crippen LogP contribution in [0.2, 0.25) is 0 Å². The first-order valence-electron chi connectivity index (χ1n) is 13.2. The SMILES string of the molecule is O=C(C(O)C1(Cl)C=CC=C(c2ccccc2)C1)N1CCCc2nc(C3(c4ccccc4)CC3)[nH]c(=O)c2C1. The predicted octanol–water partition coefficient (Wildman–Crippen LogP) is 4.51. The number of aliphatic hydroxyl groups excluding tert-OH is 1. The minimum absolute atomic E-state index is 0.101. The second kappa shape index (κ2) is 9.68. The summed E-state index contributed by atoms with van der Waals surface area (Å²) in [6.45, 7) is 0.521. The van der Waals surface area contributed by atoms with E-state index in [1.807, 2.05) is 54.6 Å². The van der Waals surface area contributed by atoms with Gasteiger partial charge in [-0.25, -0.2) is 4.98 Å². The van der Waals surface area contributed by atoms with Gasteiger partial charge in [0.05, 0.1) is 23.2 Å². The third kappa shape index (κ3) is 4.42. The molecule has 2 atom stereocenters. The van der Waals surface area contributed by atoms with Gasteiger partial charge in [0.2, 0.25) is 0 Å². The van der Waals surface area contributed by atoms with E-state index in [4.69, 9.17) is 16.6 Å². The van der Waals surface area contributed by atoms with E-state index in [-0.39, 0.29) is 17.5 Å². The van der Waals surface area contributed by atoms with Crippen LogP contribution in [0.3, 0.4) is 0 Å². The normalized spacial score (nSPS) is 22.7. The van der Waals surface area contributed by atoms with Gasteiger partial charge in [0, 0.05) is 6.54 Å². The molecule has 2 unspecified atom stereocenters. The minimum Gasteiger partial charge on any atom is -0.381 e. The molecule has 1 fully saturated rings. The van der Waals surface area contributed by atoms with Crippen LogP contribution in [-0.2, 0) is 23.2 Å². The van der Waals surface area contributed by atoms with E-state index in [0.717, 1.165) is 35.2 Å². The molecular weight excluding hydrogens is 498 g/mol. The number of alkyl halides is 1. The Hall–Kier alpha value is -3.48. The highest BCUT2D eigenvalue weighted by atomic mass is 35.5. The molecule has 194 valence electrons. The number of halogens is 1. The van der Waals surface area contributed by atoms with E-state index < -0.39 is 16.9 Å². The molecule has 0 radical (unpaired) electrons. The number of aryl methyl sites for hydroxylation is 1. The third-order valence-electron chi connectivity index (χ3n) is 8.10. The summed E-state index contributed by atoms with van der Waals surface area (Å²) in [5.41, 5.74) is 3.89. The first-order chi connectivity index (χ1) is 18.4. The molecule has 7 heteroatoms. The molecule has 2 N–H and O–H groups in total. The maximum atomic E-state index is 13.5. The van der Waals surface area contributed by atoms with Crippen molar-refractivity contribution in [3.63, 3.8) is 0 Å². The number of aromatic amines is 1. The molecule has 0 spiro atoms. The summed E-state index contributed by atoms with van der Waals surface area (Å²) >= 11 is 6.89. The molecule has 6 nitrogen and oxygen atoms in total. The Bertz CT molecular complexity index is 1480. The monoisotopic (exact) mass is 527 g/mol. The van der Waals surface area contributed by atoms with Crippen LogP contribution in [0.1, 0.15) is 53.9 Å². The van der Waals surface area contributed by atoms with Crippen molar-refractivity contribution in [2.75, 3.05) is 6.54 Å². The molecule has 2 aromatic carbocycles. The number of fused-ring (bicyclic) bond motifs is 1.